The zero-order valence-electron chi connectivity index (χ0n) is 14.8. The molecule has 29 heavy (non-hydrogen) atoms. The van der Waals surface area contributed by atoms with E-state index in [1.807, 2.05) is 0 Å². The molecule has 0 unspecified atom stereocenters. The van der Waals surface area contributed by atoms with Gasteiger partial charge >= 0.3 is 6.18 Å². The maximum absolute atomic E-state index is 13.4. The van der Waals surface area contributed by atoms with Gasteiger partial charge in [0.15, 0.2) is 0 Å². The summed E-state index contributed by atoms with van der Waals surface area (Å²) in [5, 5.41) is 5.39. The van der Waals surface area contributed by atoms with Crippen molar-refractivity contribution in [2.75, 3.05) is 10.6 Å². The molecule has 2 N–H and O–H groups in total. The van der Waals surface area contributed by atoms with Crippen LogP contribution in [0.2, 0.25) is 10.0 Å². The summed E-state index contributed by atoms with van der Waals surface area (Å²) in [4.78, 5) is 23.9. The Labute approximate surface area is 174 Å². The Kier molecular flexibility index (Phi) is 6.19. The van der Waals surface area contributed by atoms with Gasteiger partial charge in [0.2, 0.25) is 11.8 Å². The molecule has 1 aliphatic carbocycles. The Morgan fingerprint density at radius 1 is 1.00 bits per heavy atom. The van der Waals surface area contributed by atoms with Crippen LogP contribution in [0.25, 0.3) is 6.08 Å². The number of halogens is 5. The first-order valence-electron chi connectivity index (χ1n) is 8.59. The molecule has 4 nitrogen and oxygen atoms in total. The van der Waals surface area contributed by atoms with Crippen molar-refractivity contribution in [3.63, 3.8) is 0 Å². The lowest BCUT2D eigenvalue weighted by atomic mass is 10.1. The van der Waals surface area contributed by atoms with E-state index in [2.05, 4.69) is 10.6 Å². The van der Waals surface area contributed by atoms with E-state index in [-0.39, 0.29) is 17.5 Å². The second-order valence-electron chi connectivity index (χ2n) is 6.55. The standard InChI is InChI=1S/C20H15Cl2F3N2O2/c21-13-7-11(8-14(22)9-13)1-6-18(28)27-17-5-4-15(10-16(17)20(23,24)25)26-19(29)12-2-3-12/h1,4-10,12H,2-3H2,(H,26,29)(H,27,28)/b6-1+. The maximum atomic E-state index is 13.4. The molecule has 1 saturated carbocycles. The third-order valence-corrected chi connectivity index (χ3v) is 4.55. The van der Waals surface area contributed by atoms with Crippen molar-refractivity contribution < 1.29 is 22.8 Å². The fourth-order valence-electron chi connectivity index (χ4n) is 2.57. The Hall–Kier alpha value is -2.51. The molecular formula is C20H15Cl2F3N2O2. The van der Waals surface area contributed by atoms with E-state index in [9.17, 15) is 22.8 Å². The van der Waals surface area contributed by atoms with Crippen molar-refractivity contribution in [1.82, 2.24) is 0 Å². The van der Waals surface area contributed by atoms with Gasteiger partial charge in [0.1, 0.15) is 0 Å². The van der Waals surface area contributed by atoms with Crippen molar-refractivity contribution in [3.05, 3.63) is 63.6 Å². The van der Waals surface area contributed by atoms with Gasteiger partial charge in [0.25, 0.3) is 0 Å². The molecule has 3 rings (SSSR count). The summed E-state index contributed by atoms with van der Waals surface area (Å²) in [6.45, 7) is 0. The summed E-state index contributed by atoms with van der Waals surface area (Å²) in [7, 11) is 0. The molecule has 2 aromatic carbocycles. The summed E-state index contributed by atoms with van der Waals surface area (Å²) < 4.78 is 40.2. The molecule has 0 saturated heterocycles. The molecule has 2 amide bonds. The van der Waals surface area contributed by atoms with Gasteiger partial charge < -0.3 is 10.6 Å². The highest BCUT2D eigenvalue weighted by molar-refractivity contribution is 6.34. The van der Waals surface area contributed by atoms with E-state index in [0.29, 0.717) is 15.6 Å². The number of anilines is 2. The van der Waals surface area contributed by atoms with Gasteiger partial charge in [-0.25, -0.2) is 0 Å². The fourth-order valence-corrected chi connectivity index (χ4v) is 3.12. The van der Waals surface area contributed by atoms with Crippen molar-refractivity contribution >= 4 is 52.5 Å². The van der Waals surface area contributed by atoms with Gasteiger partial charge in [-0.15, -0.1) is 0 Å². The quantitative estimate of drug-likeness (QED) is 0.556. The van der Waals surface area contributed by atoms with Crippen LogP contribution in [0.15, 0.2) is 42.5 Å². The van der Waals surface area contributed by atoms with Gasteiger partial charge in [-0.05, 0) is 60.9 Å². The zero-order valence-corrected chi connectivity index (χ0v) is 16.3. The minimum atomic E-state index is -4.72. The van der Waals surface area contributed by atoms with Crippen LogP contribution in [-0.4, -0.2) is 11.8 Å². The van der Waals surface area contributed by atoms with Gasteiger partial charge in [-0.3, -0.25) is 9.59 Å². The fraction of sp³-hybridized carbons (Fsp3) is 0.200. The number of alkyl halides is 3. The molecule has 1 fully saturated rings. The van der Waals surface area contributed by atoms with E-state index in [1.165, 1.54) is 18.2 Å². The van der Waals surface area contributed by atoms with E-state index in [4.69, 9.17) is 23.2 Å². The van der Waals surface area contributed by atoms with Crippen molar-refractivity contribution in [2.24, 2.45) is 5.92 Å². The predicted molar refractivity (Wildman–Crippen MR) is 107 cm³/mol. The maximum Gasteiger partial charge on any atom is 0.418 e. The second-order valence-corrected chi connectivity index (χ2v) is 7.42. The lowest BCUT2D eigenvalue weighted by Gasteiger charge is -2.15. The highest BCUT2D eigenvalue weighted by Gasteiger charge is 2.35. The van der Waals surface area contributed by atoms with Gasteiger partial charge in [0.05, 0.1) is 11.3 Å². The number of carbonyl (C=O) groups is 2. The summed E-state index contributed by atoms with van der Waals surface area (Å²) in [6, 6.07) is 7.83. The zero-order chi connectivity index (χ0) is 21.2. The van der Waals surface area contributed by atoms with Gasteiger partial charge in [-0.2, -0.15) is 13.2 Å². The van der Waals surface area contributed by atoms with E-state index in [1.54, 1.807) is 12.1 Å². The van der Waals surface area contributed by atoms with Gasteiger partial charge in [0, 0.05) is 27.7 Å². The monoisotopic (exact) mass is 442 g/mol. The Balaban J connectivity index is 1.76. The third kappa shape index (κ3) is 5.98. The summed E-state index contributed by atoms with van der Waals surface area (Å²) in [5.41, 5.74) is -0.928. The van der Waals surface area contributed by atoms with Crippen LogP contribution < -0.4 is 10.6 Å². The largest absolute Gasteiger partial charge is 0.418 e. The molecular weight excluding hydrogens is 428 g/mol. The number of amides is 2. The Morgan fingerprint density at radius 3 is 2.24 bits per heavy atom. The molecule has 0 bridgehead atoms. The van der Waals surface area contributed by atoms with Crippen LogP contribution in [0, 0.1) is 5.92 Å². The van der Waals surface area contributed by atoms with Crippen LogP contribution in [0.5, 0.6) is 0 Å². The third-order valence-electron chi connectivity index (χ3n) is 4.11. The highest BCUT2D eigenvalue weighted by Crippen LogP contribution is 2.37. The Bertz CT molecular complexity index is 966. The molecule has 0 heterocycles. The molecule has 0 radical (unpaired) electrons. The number of hydrogen-bond acceptors (Lipinski definition) is 2. The molecule has 0 aromatic heterocycles. The number of nitrogens with one attached hydrogen (secondary N) is 2. The first kappa shape index (κ1) is 21.2. The summed E-state index contributed by atoms with van der Waals surface area (Å²) in [6.07, 6.45) is -0.796. The van der Waals surface area contributed by atoms with Crippen LogP contribution >= 0.6 is 23.2 Å². The van der Waals surface area contributed by atoms with Crippen molar-refractivity contribution in [1.29, 1.82) is 0 Å². The number of carbonyl (C=O) groups excluding carboxylic acids is 2. The molecule has 1 aliphatic rings. The molecule has 0 aliphatic heterocycles. The molecule has 9 heteroatoms. The van der Waals surface area contributed by atoms with Crippen LogP contribution in [-0.2, 0) is 15.8 Å². The molecule has 0 spiro atoms. The topological polar surface area (TPSA) is 58.2 Å². The van der Waals surface area contributed by atoms with E-state index in [0.717, 1.165) is 31.1 Å². The lowest BCUT2D eigenvalue weighted by Crippen LogP contribution is -2.17. The first-order chi connectivity index (χ1) is 13.6. The number of hydrogen-bond donors (Lipinski definition) is 2. The van der Waals surface area contributed by atoms with Crippen LogP contribution in [0.3, 0.4) is 0 Å². The molecule has 152 valence electrons. The lowest BCUT2D eigenvalue weighted by molar-refractivity contribution is -0.137. The SMILES string of the molecule is O=C(/C=C/c1cc(Cl)cc(Cl)c1)Nc1ccc(NC(=O)C2CC2)cc1C(F)(F)F. The average molecular weight is 443 g/mol. The van der Waals surface area contributed by atoms with E-state index < -0.39 is 23.3 Å². The van der Waals surface area contributed by atoms with E-state index >= 15 is 0 Å². The predicted octanol–water partition coefficient (Wildman–Crippen LogP) is 6.01. The minimum Gasteiger partial charge on any atom is -0.326 e. The van der Waals surface area contributed by atoms with Crippen molar-refractivity contribution in [3.8, 4) is 0 Å². The van der Waals surface area contributed by atoms with Crippen molar-refractivity contribution in [2.45, 2.75) is 19.0 Å². The second kappa shape index (κ2) is 8.47. The average Bonchev–Trinajstić information content (AvgIpc) is 3.45. The highest BCUT2D eigenvalue weighted by atomic mass is 35.5. The molecule has 0 atom stereocenters. The molecule has 2 aromatic rings. The summed E-state index contributed by atoms with van der Waals surface area (Å²) in [5.74, 6) is -1.21. The Morgan fingerprint density at radius 2 is 1.66 bits per heavy atom. The first-order valence-corrected chi connectivity index (χ1v) is 9.35. The minimum absolute atomic E-state index is 0.0244. The smallest absolute Gasteiger partial charge is 0.326 e. The van der Waals surface area contributed by atoms with Crippen LogP contribution in [0.1, 0.15) is 24.0 Å². The summed E-state index contributed by atoms with van der Waals surface area (Å²) >= 11 is 11.7. The van der Waals surface area contributed by atoms with Gasteiger partial charge in [-0.1, -0.05) is 23.2 Å². The normalized spacial score (nSPS) is 14.1. The van der Waals surface area contributed by atoms with Crippen LogP contribution in [0.4, 0.5) is 24.5 Å². The number of benzene rings is 2. The number of rotatable bonds is 5.